The molecule has 3 rings (SSSR count). The summed E-state index contributed by atoms with van der Waals surface area (Å²) in [6.45, 7) is 1.87. The number of nitrogens with zero attached hydrogens (tertiary/aromatic N) is 1. The van der Waals surface area contributed by atoms with E-state index in [4.69, 9.17) is 11.6 Å². The minimum atomic E-state index is -0.456. The van der Waals surface area contributed by atoms with Crippen molar-refractivity contribution in [3.8, 4) is 0 Å². The number of ketones is 1. The summed E-state index contributed by atoms with van der Waals surface area (Å²) in [5, 5.41) is 14.2. The van der Waals surface area contributed by atoms with Gasteiger partial charge in [0, 0.05) is 34.6 Å². The van der Waals surface area contributed by atoms with Gasteiger partial charge in [-0.05, 0) is 36.8 Å². The van der Waals surface area contributed by atoms with Crippen molar-refractivity contribution in [2.75, 3.05) is 5.32 Å². The van der Waals surface area contributed by atoms with Crippen molar-refractivity contribution < 1.29 is 9.72 Å². The minimum absolute atomic E-state index is 0.00699. The first-order valence-electron chi connectivity index (χ1n) is 7.87. The lowest BCUT2D eigenvalue weighted by Crippen LogP contribution is -2.04. The van der Waals surface area contributed by atoms with Crippen molar-refractivity contribution in [1.82, 2.24) is 0 Å². The number of nitrogens with one attached hydrogen (secondary N) is 1. The number of nitro benzene ring substituents is 1. The molecule has 0 aliphatic carbocycles. The molecule has 0 atom stereocenters. The molecule has 0 aliphatic rings. The molecule has 0 bridgehead atoms. The van der Waals surface area contributed by atoms with E-state index >= 15 is 0 Å². The lowest BCUT2D eigenvalue weighted by molar-refractivity contribution is -0.384. The van der Waals surface area contributed by atoms with Gasteiger partial charge in [-0.1, -0.05) is 41.9 Å². The quantitative estimate of drug-likeness (QED) is 0.366. The Labute approximate surface area is 155 Å². The average molecular weight is 367 g/mol. The summed E-state index contributed by atoms with van der Waals surface area (Å²) in [6, 6.07) is 18.5. The van der Waals surface area contributed by atoms with Gasteiger partial charge in [0.25, 0.3) is 5.69 Å². The summed E-state index contributed by atoms with van der Waals surface area (Å²) < 4.78 is 0. The number of carbonyl (C=O) groups is 1. The molecule has 0 amide bonds. The first-order valence-corrected chi connectivity index (χ1v) is 8.25. The molecule has 1 N–H and O–H groups in total. The Bertz CT molecular complexity index is 1000. The lowest BCUT2D eigenvalue weighted by Gasteiger charge is -2.10. The van der Waals surface area contributed by atoms with Crippen LogP contribution in [0, 0.1) is 17.0 Å². The van der Waals surface area contributed by atoms with Crippen LogP contribution in [0.3, 0.4) is 0 Å². The summed E-state index contributed by atoms with van der Waals surface area (Å²) in [5.74, 6) is -0.144. The molecule has 0 spiro atoms. The molecule has 26 heavy (non-hydrogen) atoms. The number of carbonyl (C=O) groups excluding carboxylic acids is 1. The normalized spacial score (nSPS) is 10.4. The molecule has 0 aromatic heterocycles. The molecule has 0 fully saturated rings. The Morgan fingerprint density at radius 2 is 1.69 bits per heavy atom. The fourth-order valence-electron chi connectivity index (χ4n) is 2.61. The van der Waals surface area contributed by atoms with Crippen LogP contribution in [0.4, 0.5) is 17.1 Å². The van der Waals surface area contributed by atoms with Crippen LogP contribution in [0.2, 0.25) is 5.02 Å². The maximum atomic E-state index is 12.7. The Kier molecular flexibility index (Phi) is 5.00. The van der Waals surface area contributed by atoms with E-state index in [2.05, 4.69) is 5.32 Å². The summed E-state index contributed by atoms with van der Waals surface area (Å²) in [4.78, 5) is 23.1. The van der Waals surface area contributed by atoms with Gasteiger partial charge in [-0.2, -0.15) is 0 Å². The molecule has 0 radical (unpaired) electrons. The van der Waals surface area contributed by atoms with Crippen LogP contribution in [0.5, 0.6) is 0 Å². The molecular weight excluding hydrogens is 352 g/mol. The fourth-order valence-corrected chi connectivity index (χ4v) is 2.88. The molecule has 0 saturated heterocycles. The van der Waals surface area contributed by atoms with Gasteiger partial charge in [0.2, 0.25) is 0 Å². The molecule has 130 valence electrons. The summed E-state index contributed by atoms with van der Waals surface area (Å²) in [6.07, 6.45) is 0. The number of non-ortho nitro benzene ring substituents is 1. The van der Waals surface area contributed by atoms with Crippen molar-refractivity contribution in [1.29, 1.82) is 0 Å². The molecular formula is C20H15ClN2O3. The Balaban J connectivity index is 1.86. The highest BCUT2D eigenvalue weighted by Gasteiger charge is 2.15. The Morgan fingerprint density at radius 1 is 0.962 bits per heavy atom. The van der Waals surface area contributed by atoms with Crippen molar-refractivity contribution >= 4 is 34.4 Å². The average Bonchev–Trinajstić information content (AvgIpc) is 2.62. The van der Waals surface area contributed by atoms with Gasteiger partial charge < -0.3 is 5.32 Å². The van der Waals surface area contributed by atoms with E-state index in [0.717, 1.165) is 5.56 Å². The van der Waals surface area contributed by atoms with Crippen molar-refractivity contribution in [3.63, 3.8) is 0 Å². The van der Waals surface area contributed by atoms with Crippen LogP contribution in [-0.4, -0.2) is 10.7 Å². The van der Waals surface area contributed by atoms with E-state index in [9.17, 15) is 14.9 Å². The van der Waals surface area contributed by atoms with Gasteiger partial charge in [0.15, 0.2) is 5.78 Å². The summed E-state index contributed by atoms with van der Waals surface area (Å²) in [7, 11) is 0. The van der Waals surface area contributed by atoms with Crippen LogP contribution in [-0.2, 0) is 0 Å². The van der Waals surface area contributed by atoms with Crippen LogP contribution in [0.15, 0.2) is 66.7 Å². The van der Waals surface area contributed by atoms with E-state index in [-0.39, 0.29) is 11.5 Å². The first-order chi connectivity index (χ1) is 12.5. The zero-order chi connectivity index (χ0) is 18.7. The summed E-state index contributed by atoms with van der Waals surface area (Å²) >= 11 is 6.31. The highest BCUT2D eigenvalue weighted by Crippen LogP contribution is 2.27. The number of hydrogen-bond donors (Lipinski definition) is 1. The van der Waals surface area contributed by atoms with Crippen LogP contribution >= 0.6 is 11.6 Å². The van der Waals surface area contributed by atoms with Crippen LogP contribution in [0.1, 0.15) is 21.5 Å². The largest absolute Gasteiger partial charge is 0.355 e. The maximum Gasteiger partial charge on any atom is 0.271 e. The lowest BCUT2D eigenvalue weighted by atomic mass is 9.99. The highest BCUT2D eigenvalue weighted by atomic mass is 35.5. The number of hydrogen-bond acceptors (Lipinski definition) is 4. The van der Waals surface area contributed by atoms with Crippen molar-refractivity contribution in [2.45, 2.75) is 6.92 Å². The highest BCUT2D eigenvalue weighted by molar-refractivity contribution is 6.35. The van der Waals surface area contributed by atoms with Crippen molar-refractivity contribution in [2.24, 2.45) is 0 Å². The van der Waals surface area contributed by atoms with Gasteiger partial charge in [-0.15, -0.1) is 0 Å². The minimum Gasteiger partial charge on any atom is -0.355 e. The fraction of sp³-hybridized carbons (Fsp3) is 0.0500. The van der Waals surface area contributed by atoms with Gasteiger partial charge in [0.1, 0.15) is 0 Å². The predicted molar refractivity (Wildman–Crippen MR) is 102 cm³/mol. The first kappa shape index (κ1) is 17.6. The smallest absolute Gasteiger partial charge is 0.271 e. The SMILES string of the molecule is Cc1ccccc1C(=O)c1ccc(Nc2cccc([N+](=O)[O-])c2)cc1Cl. The van der Waals surface area contributed by atoms with Crippen molar-refractivity contribution in [3.05, 3.63) is 98.6 Å². The topological polar surface area (TPSA) is 72.2 Å². The number of halogens is 1. The zero-order valence-corrected chi connectivity index (χ0v) is 14.7. The molecule has 0 aliphatic heterocycles. The van der Waals surface area contributed by atoms with Crippen LogP contribution in [0.25, 0.3) is 0 Å². The molecule has 0 unspecified atom stereocenters. The number of rotatable bonds is 5. The molecule has 0 heterocycles. The van der Waals surface area contributed by atoms with Gasteiger partial charge in [-0.3, -0.25) is 14.9 Å². The Hall–Kier alpha value is -3.18. The van der Waals surface area contributed by atoms with Gasteiger partial charge in [0.05, 0.1) is 9.95 Å². The van der Waals surface area contributed by atoms with E-state index < -0.39 is 4.92 Å². The van der Waals surface area contributed by atoms with E-state index in [1.807, 2.05) is 25.1 Å². The summed E-state index contributed by atoms with van der Waals surface area (Å²) in [5.41, 5.74) is 3.09. The number of anilines is 2. The molecule has 3 aromatic carbocycles. The molecule has 3 aromatic rings. The van der Waals surface area contributed by atoms with E-state index in [1.54, 1.807) is 36.4 Å². The second-order valence-electron chi connectivity index (χ2n) is 5.77. The second kappa shape index (κ2) is 7.37. The number of benzene rings is 3. The molecule has 5 nitrogen and oxygen atoms in total. The third-order valence-electron chi connectivity index (χ3n) is 3.95. The monoisotopic (exact) mass is 366 g/mol. The predicted octanol–water partition coefficient (Wildman–Crippen LogP) is 5.53. The van der Waals surface area contributed by atoms with Crippen LogP contribution < -0.4 is 5.32 Å². The third-order valence-corrected chi connectivity index (χ3v) is 4.26. The van der Waals surface area contributed by atoms with E-state index in [1.165, 1.54) is 12.1 Å². The standard InChI is InChI=1S/C20H15ClN2O3/c1-13-5-2-3-8-17(13)20(24)18-10-9-15(12-19(18)21)22-14-6-4-7-16(11-14)23(25)26/h2-12,22H,1H3. The zero-order valence-electron chi connectivity index (χ0n) is 13.9. The third kappa shape index (κ3) is 3.73. The molecule has 6 heteroatoms. The number of aryl methyl sites for hydroxylation is 1. The van der Waals surface area contributed by atoms with E-state index in [0.29, 0.717) is 27.5 Å². The van der Waals surface area contributed by atoms with Gasteiger partial charge in [-0.25, -0.2) is 0 Å². The second-order valence-corrected chi connectivity index (χ2v) is 6.18. The molecule has 0 saturated carbocycles. The van der Waals surface area contributed by atoms with Gasteiger partial charge >= 0.3 is 0 Å². The Morgan fingerprint density at radius 3 is 2.38 bits per heavy atom. The maximum absolute atomic E-state index is 12.7. The number of nitro groups is 1.